The number of likely N-dealkylation sites (N-methyl/N-ethyl adjacent to an activating group) is 1. The molecule has 3 aliphatic carbocycles. The average molecular weight is 486 g/mol. The molecular weight excluding hydrogens is 450 g/mol. The first kappa shape index (κ1) is 22.7. The number of anilines is 1. The van der Waals surface area contributed by atoms with Crippen LogP contribution in [0.1, 0.15) is 44.6 Å². The Hall–Kier alpha value is -2.51. The van der Waals surface area contributed by atoms with Gasteiger partial charge in [0.1, 0.15) is 11.9 Å². The zero-order valence-electron chi connectivity index (χ0n) is 21.2. The van der Waals surface area contributed by atoms with Crippen LogP contribution < -0.4 is 5.73 Å². The number of fused-ring (bicyclic) bond motifs is 2. The van der Waals surface area contributed by atoms with E-state index in [1.165, 1.54) is 16.7 Å². The molecule has 188 valence electrons. The molecule has 4 N–H and O–H groups in total. The van der Waals surface area contributed by atoms with Crippen LogP contribution in [-0.4, -0.2) is 63.6 Å². The van der Waals surface area contributed by atoms with Crippen LogP contribution in [0.25, 0.3) is 16.3 Å². The van der Waals surface area contributed by atoms with Crippen molar-refractivity contribution in [3.8, 4) is 0 Å². The predicted molar refractivity (Wildman–Crippen MR) is 141 cm³/mol. The molecule has 1 saturated carbocycles. The Kier molecular flexibility index (Phi) is 4.59. The molecule has 1 aromatic carbocycles. The van der Waals surface area contributed by atoms with E-state index in [0.717, 1.165) is 42.0 Å². The third-order valence-corrected chi connectivity index (χ3v) is 10.2. The minimum absolute atomic E-state index is 0.0568. The van der Waals surface area contributed by atoms with Crippen molar-refractivity contribution in [3.05, 3.63) is 65.4 Å². The van der Waals surface area contributed by atoms with Crippen LogP contribution in [0.2, 0.25) is 0 Å². The van der Waals surface area contributed by atoms with E-state index in [2.05, 4.69) is 48.3 Å². The fourth-order valence-corrected chi connectivity index (χ4v) is 8.30. The number of pyridine rings is 1. The molecular formula is C30H35N3O3. The number of benzene rings is 1. The fraction of sp³-hybridized carbons (Fsp3) is 0.500. The number of aliphatic hydroxyl groups excluding tert-OH is 2. The van der Waals surface area contributed by atoms with Crippen molar-refractivity contribution in [1.82, 2.24) is 9.88 Å². The van der Waals surface area contributed by atoms with Crippen LogP contribution in [-0.2, 0) is 4.74 Å². The number of hydrogen-bond donors (Lipinski definition) is 3. The Morgan fingerprint density at radius 1 is 1.14 bits per heavy atom. The zero-order chi connectivity index (χ0) is 25.0. The molecule has 6 nitrogen and oxygen atoms in total. The maximum atomic E-state index is 11.2. The lowest BCUT2D eigenvalue weighted by Crippen LogP contribution is -2.61. The monoisotopic (exact) mass is 485 g/mol. The summed E-state index contributed by atoms with van der Waals surface area (Å²) in [6.07, 6.45) is 11.4. The maximum absolute atomic E-state index is 11.2. The van der Waals surface area contributed by atoms with Crippen molar-refractivity contribution in [2.45, 2.75) is 68.5 Å². The van der Waals surface area contributed by atoms with Gasteiger partial charge in [0, 0.05) is 29.0 Å². The molecule has 36 heavy (non-hydrogen) atoms. The lowest BCUT2D eigenvalue weighted by atomic mass is 9.58. The molecule has 1 aromatic heterocycles. The Bertz CT molecular complexity index is 1380. The van der Waals surface area contributed by atoms with Gasteiger partial charge in [-0.2, -0.15) is 0 Å². The highest BCUT2D eigenvalue weighted by Gasteiger charge is 2.67. The number of aliphatic hydroxyl groups is 2. The Labute approximate surface area is 212 Å². The van der Waals surface area contributed by atoms with E-state index in [4.69, 9.17) is 10.5 Å². The van der Waals surface area contributed by atoms with Crippen LogP contribution in [0.5, 0.6) is 0 Å². The third kappa shape index (κ3) is 2.73. The number of nitrogens with two attached hydrogens (primary N) is 1. The van der Waals surface area contributed by atoms with Gasteiger partial charge in [0.05, 0.1) is 17.3 Å². The van der Waals surface area contributed by atoms with Crippen LogP contribution >= 0.6 is 0 Å². The van der Waals surface area contributed by atoms with E-state index in [1.54, 1.807) is 6.20 Å². The van der Waals surface area contributed by atoms with Gasteiger partial charge in [0.25, 0.3) is 0 Å². The Morgan fingerprint density at radius 3 is 2.78 bits per heavy atom. The third-order valence-electron chi connectivity index (χ3n) is 10.2. The standard InChI is InChI=1S/C30H35N3O3/c1-28-10-8-19-15-22-25(34)26(35)23(33(2)3)16-29(22)11-12-30(19,36-29)24(28)7-6-21(28)18-5-4-17-9-13-32-27(31)20(17)14-18/h4-6,8-9,13-15,23-26,34-35H,7,10-12,16H2,1-3H3,(H2,31,32)/t23-,24?,25+,26+,28+,29+,30+/m0/s1. The van der Waals surface area contributed by atoms with E-state index < -0.39 is 17.8 Å². The van der Waals surface area contributed by atoms with Gasteiger partial charge in [-0.05, 0) is 86.0 Å². The topological polar surface area (TPSA) is 91.8 Å². The lowest BCUT2D eigenvalue weighted by Gasteiger charge is -2.55. The first-order valence-corrected chi connectivity index (χ1v) is 13.2. The van der Waals surface area contributed by atoms with Gasteiger partial charge < -0.3 is 25.6 Å². The molecule has 7 atom stereocenters. The van der Waals surface area contributed by atoms with Crippen molar-refractivity contribution >= 4 is 22.2 Å². The molecule has 7 rings (SSSR count). The van der Waals surface area contributed by atoms with Crippen LogP contribution in [0.15, 0.2) is 59.8 Å². The van der Waals surface area contributed by atoms with Gasteiger partial charge in [0.15, 0.2) is 0 Å². The van der Waals surface area contributed by atoms with E-state index in [0.29, 0.717) is 18.2 Å². The number of rotatable bonds is 2. The van der Waals surface area contributed by atoms with Crippen LogP contribution in [0.4, 0.5) is 5.82 Å². The molecule has 2 spiro atoms. The molecule has 1 saturated heterocycles. The summed E-state index contributed by atoms with van der Waals surface area (Å²) in [5.74, 6) is 0.888. The van der Waals surface area contributed by atoms with Crippen LogP contribution in [0.3, 0.4) is 0 Å². The van der Waals surface area contributed by atoms with Gasteiger partial charge in [-0.3, -0.25) is 0 Å². The minimum atomic E-state index is -0.898. The summed E-state index contributed by atoms with van der Waals surface area (Å²) in [6, 6.07) is 8.43. The lowest BCUT2D eigenvalue weighted by molar-refractivity contribution is -0.161. The molecule has 2 aliphatic heterocycles. The van der Waals surface area contributed by atoms with E-state index in [-0.39, 0.29) is 17.1 Å². The highest BCUT2D eigenvalue weighted by atomic mass is 16.5. The van der Waals surface area contributed by atoms with Gasteiger partial charge in [-0.25, -0.2) is 4.98 Å². The summed E-state index contributed by atoms with van der Waals surface area (Å²) >= 11 is 0. The summed E-state index contributed by atoms with van der Waals surface area (Å²) in [4.78, 5) is 6.33. The van der Waals surface area contributed by atoms with Crippen molar-refractivity contribution in [2.24, 2.45) is 11.3 Å². The first-order chi connectivity index (χ1) is 17.2. The maximum Gasteiger partial charge on any atom is 0.131 e. The summed E-state index contributed by atoms with van der Waals surface area (Å²) < 4.78 is 7.23. The predicted octanol–water partition coefficient (Wildman–Crippen LogP) is 3.84. The Morgan fingerprint density at radius 2 is 1.97 bits per heavy atom. The summed E-state index contributed by atoms with van der Waals surface area (Å²) in [6.45, 7) is 2.39. The largest absolute Gasteiger partial charge is 0.388 e. The van der Waals surface area contributed by atoms with Gasteiger partial charge in [-0.15, -0.1) is 0 Å². The molecule has 2 bridgehead atoms. The quantitative estimate of drug-likeness (QED) is 0.599. The number of allylic oxidation sites excluding steroid dienone is 3. The number of nitrogen functional groups attached to an aromatic ring is 1. The number of hydrogen-bond acceptors (Lipinski definition) is 6. The molecule has 0 amide bonds. The van der Waals surface area contributed by atoms with Gasteiger partial charge >= 0.3 is 0 Å². The van der Waals surface area contributed by atoms with E-state index in [9.17, 15) is 10.2 Å². The van der Waals surface area contributed by atoms with Crippen molar-refractivity contribution in [3.63, 3.8) is 0 Å². The molecule has 2 fully saturated rings. The van der Waals surface area contributed by atoms with Gasteiger partial charge in [0.2, 0.25) is 0 Å². The first-order valence-electron chi connectivity index (χ1n) is 13.2. The highest BCUT2D eigenvalue weighted by Crippen LogP contribution is 2.67. The van der Waals surface area contributed by atoms with Crippen molar-refractivity contribution in [2.75, 3.05) is 19.8 Å². The second kappa shape index (κ2) is 7.29. The summed E-state index contributed by atoms with van der Waals surface area (Å²) in [5, 5.41) is 24.1. The summed E-state index contributed by atoms with van der Waals surface area (Å²) in [5.41, 5.74) is 9.97. The van der Waals surface area contributed by atoms with Crippen molar-refractivity contribution in [1.29, 1.82) is 0 Å². The number of ether oxygens (including phenoxy) is 1. The molecule has 0 radical (unpaired) electrons. The summed E-state index contributed by atoms with van der Waals surface area (Å²) in [7, 11) is 3.95. The minimum Gasteiger partial charge on any atom is -0.388 e. The number of aromatic nitrogens is 1. The van der Waals surface area contributed by atoms with E-state index in [1.807, 2.05) is 25.1 Å². The van der Waals surface area contributed by atoms with Crippen molar-refractivity contribution < 1.29 is 14.9 Å². The zero-order valence-corrected chi connectivity index (χ0v) is 21.2. The molecule has 6 heteroatoms. The Balaban J connectivity index is 1.30. The van der Waals surface area contributed by atoms with Gasteiger partial charge in [-0.1, -0.05) is 37.3 Å². The molecule has 3 heterocycles. The second-order valence-electron chi connectivity index (χ2n) is 12.1. The average Bonchev–Trinajstić information content (AvgIpc) is 3.37. The number of nitrogens with zero attached hydrogens (tertiary/aromatic N) is 2. The molecule has 1 unspecified atom stereocenters. The van der Waals surface area contributed by atoms with E-state index >= 15 is 0 Å². The second-order valence-corrected chi connectivity index (χ2v) is 12.1. The highest BCUT2D eigenvalue weighted by molar-refractivity contribution is 5.94. The molecule has 5 aliphatic rings. The smallest absolute Gasteiger partial charge is 0.131 e. The normalized spacial score (nSPS) is 40.9. The molecule has 2 aromatic rings. The fourth-order valence-electron chi connectivity index (χ4n) is 8.30. The van der Waals surface area contributed by atoms with Crippen LogP contribution in [0, 0.1) is 11.3 Å². The SMILES string of the molecule is CN(C)[C@H]1C[C@@]23CC[C@@]4(O2)C(=CC[C@]2(C)C(c5ccc6ccnc(N)c6c5)=CCC24)C=C3[C@@H](O)[C@@H]1O.